The van der Waals surface area contributed by atoms with Gasteiger partial charge in [-0.3, -0.25) is 0 Å². The van der Waals surface area contributed by atoms with E-state index in [1.807, 2.05) is 18.2 Å². The first-order chi connectivity index (χ1) is 11.7. The molecule has 1 aliphatic carbocycles. The Bertz CT molecular complexity index is 799. The summed E-state index contributed by atoms with van der Waals surface area (Å²) in [4.78, 5) is 0. The average molecular weight is 323 g/mol. The first kappa shape index (κ1) is 14.9. The number of para-hydroxylation sites is 1. The Morgan fingerprint density at radius 2 is 1.92 bits per heavy atom. The molecule has 2 N–H and O–H groups in total. The van der Waals surface area contributed by atoms with Crippen LogP contribution in [0.25, 0.3) is 0 Å². The van der Waals surface area contributed by atoms with Crippen molar-refractivity contribution in [2.24, 2.45) is 5.92 Å². The third-order valence-electron chi connectivity index (χ3n) is 5.14. The molecule has 4 rings (SSSR count). The summed E-state index contributed by atoms with van der Waals surface area (Å²) in [6, 6.07) is 11.9. The topological polar surface area (TPSA) is 50.7 Å². The van der Waals surface area contributed by atoms with Gasteiger partial charge in [-0.05, 0) is 41.7 Å². The predicted molar refractivity (Wildman–Crippen MR) is 94.0 cm³/mol. The zero-order valence-electron chi connectivity index (χ0n) is 13.8. The molecule has 0 radical (unpaired) electrons. The van der Waals surface area contributed by atoms with E-state index in [4.69, 9.17) is 9.47 Å². The molecule has 24 heavy (non-hydrogen) atoms. The summed E-state index contributed by atoms with van der Waals surface area (Å²) >= 11 is 0. The van der Waals surface area contributed by atoms with Crippen LogP contribution in [0.3, 0.4) is 0 Å². The first-order valence-corrected chi connectivity index (χ1v) is 8.20. The Hall–Kier alpha value is -2.62. The lowest BCUT2D eigenvalue weighted by atomic mass is 9.77. The number of allylic oxidation sites excluding steroid dienone is 2. The number of aromatic hydroxyl groups is 1. The molecule has 3 atom stereocenters. The molecule has 0 saturated carbocycles. The number of hydrogen-bond donors (Lipinski definition) is 2. The highest BCUT2D eigenvalue weighted by Crippen LogP contribution is 2.52. The Morgan fingerprint density at radius 3 is 2.71 bits per heavy atom. The number of rotatable bonds is 3. The summed E-state index contributed by atoms with van der Waals surface area (Å²) < 4.78 is 10.8. The van der Waals surface area contributed by atoms with Gasteiger partial charge in [0.2, 0.25) is 0 Å². The monoisotopic (exact) mass is 323 g/mol. The first-order valence-electron chi connectivity index (χ1n) is 8.20. The van der Waals surface area contributed by atoms with Crippen LogP contribution in [0.15, 0.2) is 48.6 Å². The van der Waals surface area contributed by atoms with Gasteiger partial charge in [0, 0.05) is 5.92 Å². The molecule has 1 aliphatic heterocycles. The molecule has 0 saturated heterocycles. The molecule has 3 unspecified atom stereocenters. The van der Waals surface area contributed by atoms with Crippen LogP contribution >= 0.6 is 0 Å². The second-order valence-electron chi connectivity index (χ2n) is 6.33. The molecule has 0 aromatic heterocycles. The molecule has 2 aliphatic rings. The standard InChI is InChI=1S/C20H21NO3/c1-23-17-10-9-12(11-18(17)24-2)19-14-6-3-5-13(14)15-7-4-8-16(22)20(15)21-19/h3-5,7-11,13-14,19,21-22H,6H2,1-2H3. The van der Waals surface area contributed by atoms with E-state index in [1.165, 1.54) is 5.56 Å². The van der Waals surface area contributed by atoms with Crippen molar-refractivity contribution in [3.05, 3.63) is 59.7 Å². The third-order valence-corrected chi connectivity index (χ3v) is 5.14. The highest BCUT2D eigenvalue weighted by atomic mass is 16.5. The van der Waals surface area contributed by atoms with Crippen molar-refractivity contribution in [1.82, 2.24) is 0 Å². The normalized spacial score (nSPS) is 24.0. The molecule has 2 aromatic carbocycles. The van der Waals surface area contributed by atoms with Gasteiger partial charge in [0.05, 0.1) is 25.9 Å². The summed E-state index contributed by atoms with van der Waals surface area (Å²) in [5.41, 5.74) is 3.15. The number of ether oxygens (including phenoxy) is 2. The Kier molecular flexibility index (Phi) is 3.60. The number of phenolic OH excluding ortho intramolecular Hbond substituents is 1. The van der Waals surface area contributed by atoms with Crippen LogP contribution in [0.4, 0.5) is 5.69 Å². The Labute approximate surface area is 141 Å². The fourth-order valence-electron chi connectivity index (χ4n) is 3.98. The van der Waals surface area contributed by atoms with Gasteiger partial charge >= 0.3 is 0 Å². The quantitative estimate of drug-likeness (QED) is 0.655. The number of anilines is 1. The van der Waals surface area contributed by atoms with Crippen molar-refractivity contribution in [1.29, 1.82) is 0 Å². The van der Waals surface area contributed by atoms with Crippen LogP contribution in [0, 0.1) is 5.92 Å². The van der Waals surface area contributed by atoms with Crippen molar-refractivity contribution in [2.75, 3.05) is 19.5 Å². The van der Waals surface area contributed by atoms with Crippen LogP contribution < -0.4 is 14.8 Å². The molecular weight excluding hydrogens is 302 g/mol. The van der Waals surface area contributed by atoms with Gasteiger partial charge in [0.1, 0.15) is 5.75 Å². The lowest BCUT2D eigenvalue weighted by molar-refractivity contribution is 0.352. The van der Waals surface area contributed by atoms with Crippen LogP contribution in [0.5, 0.6) is 17.2 Å². The summed E-state index contributed by atoms with van der Waals surface area (Å²) in [5.74, 6) is 2.50. The van der Waals surface area contributed by atoms with Crippen LogP contribution in [0.2, 0.25) is 0 Å². The van der Waals surface area contributed by atoms with E-state index in [1.54, 1.807) is 20.3 Å². The molecule has 0 amide bonds. The highest BCUT2D eigenvalue weighted by Gasteiger charge is 2.38. The van der Waals surface area contributed by atoms with E-state index in [9.17, 15) is 5.11 Å². The number of methoxy groups -OCH3 is 2. The van der Waals surface area contributed by atoms with E-state index in [-0.39, 0.29) is 6.04 Å². The molecule has 4 nitrogen and oxygen atoms in total. The fraction of sp³-hybridized carbons (Fsp3) is 0.300. The van der Waals surface area contributed by atoms with Gasteiger partial charge in [-0.15, -0.1) is 0 Å². The second-order valence-corrected chi connectivity index (χ2v) is 6.33. The Balaban J connectivity index is 1.78. The second kappa shape index (κ2) is 5.78. The maximum absolute atomic E-state index is 10.3. The van der Waals surface area contributed by atoms with Gasteiger partial charge in [-0.25, -0.2) is 0 Å². The minimum atomic E-state index is 0.116. The van der Waals surface area contributed by atoms with Gasteiger partial charge < -0.3 is 19.9 Å². The van der Waals surface area contributed by atoms with Crippen molar-refractivity contribution in [3.63, 3.8) is 0 Å². The zero-order valence-corrected chi connectivity index (χ0v) is 13.8. The maximum Gasteiger partial charge on any atom is 0.161 e. The number of nitrogens with one attached hydrogen (secondary N) is 1. The van der Waals surface area contributed by atoms with E-state index in [2.05, 4.69) is 29.6 Å². The van der Waals surface area contributed by atoms with E-state index in [0.717, 1.165) is 29.2 Å². The molecule has 4 heteroatoms. The largest absolute Gasteiger partial charge is 0.506 e. The number of fused-ring (bicyclic) bond motifs is 3. The predicted octanol–water partition coefficient (Wildman–Crippen LogP) is 4.24. The zero-order chi connectivity index (χ0) is 16.7. The van der Waals surface area contributed by atoms with E-state index in [0.29, 0.717) is 17.6 Å². The summed E-state index contributed by atoms with van der Waals surface area (Å²) in [7, 11) is 3.29. The van der Waals surface area contributed by atoms with Crippen LogP contribution in [0.1, 0.15) is 29.5 Å². The molecule has 2 aromatic rings. The van der Waals surface area contributed by atoms with Gasteiger partial charge in [-0.1, -0.05) is 30.4 Å². The minimum Gasteiger partial charge on any atom is -0.506 e. The minimum absolute atomic E-state index is 0.116. The van der Waals surface area contributed by atoms with Gasteiger partial charge in [0.25, 0.3) is 0 Å². The molecule has 0 bridgehead atoms. The maximum atomic E-state index is 10.3. The smallest absolute Gasteiger partial charge is 0.161 e. The number of phenols is 1. The average Bonchev–Trinajstić information content (AvgIpc) is 3.11. The summed E-state index contributed by atoms with van der Waals surface area (Å²) in [6.45, 7) is 0. The van der Waals surface area contributed by atoms with Crippen molar-refractivity contribution < 1.29 is 14.6 Å². The van der Waals surface area contributed by atoms with Crippen molar-refractivity contribution in [2.45, 2.75) is 18.4 Å². The van der Waals surface area contributed by atoms with Crippen molar-refractivity contribution >= 4 is 5.69 Å². The fourth-order valence-corrected chi connectivity index (χ4v) is 3.98. The molecular formula is C20H21NO3. The summed E-state index contributed by atoms with van der Waals surface area (Å²) in [5, 5.41) is 13.8. The van der Waals surface area contributed by atoms with Gasteiger partial charge in [0.15, 0.2) is 11.5 Å². The van der Waals surface area contributed by atoms with Crippen molar-refractivity contribution in [3.8, 4) is 17.2 Å². The lowest BCUT2D eigenvalue weighted by Crippen LogP contribution is -2.29. The SMILES string of the molecule is COc1ccc(C2Nc3c(O)cccc3C3C=CCC32)cc1OC. The molecule has 0 fully saturated rings. The van der Waals surface area contributed by atoms with Crippen LogP contribution in [-0.2, 0) is 0 Å². The Morgan fingerprint density at radius 1 is 1.08 bits per heavy atom. The number of benzene rings is 2. The highest BCUT2D eigenvalue weighted by molar-refractivity contribution is 5.67. The third kappa shape index (κ3) is 2.21. The van der Waals surface area contributed by atoms with Crippen LogP contribution in [-0.4, -0.2) is 19.3 Å². The number of hydrogen-bond acceptors (Lipinski definition) is 4. The molecule has 0 spiro atoms. The van der Waals surface area contributed by atoms with E-state index >= 15 is 0 Å². The summed E-state index contributed by atoms with van der Waals surface area (Å²) in [6.07, 6.45) is 5.52. The lowest BCUT2D eigenvalue weighted by Gasteiger charge is -2.37. The molecule has 1 heterocycles. The molecule has 124 valence electrons. The van der Waals surface area contributed by atoms with E-state index < -0.39 is 0 Å². The van der Waals surface area contributed by atoms with Gasteiger partial charge in [-0.2, -0.15) is 0 Å².